The van der Waals surface area contributed by atoms with Crippen molar-refractivity contribution in [3.05, 3.63) is 58.0 Å². The van der Waals surface area contributed by atoms with E-state index in [0.717, 1.165) is 24.0 Å². The molecule has 176 valence electrons. The summed E-state index contributed by atoms with van der Waals surface area (Å²) in [6.07, 6.45) is 1.68. The smallest absolute Gasteiger partial charge is 0.325 e. The Kier molecular flexibility index (Phi) is 6.20. The minimum atomic E-state index is -3.65. The molecule has 33 heavy (non-hydrogen) atoms. The second kappa shape index (κ2) is 8.79. The molecule has 9 heteroatoms. The van der Waals surface area contributed by atoms with Gasteiger partial charge in [0.05, 0.1) is 15.9 Å². The third kappa shape index (κ3) is 4.47. The van der Waals surface area contributed by atoms with Crippen molar-refractivity contribution in [2.24, 2.45) is 0 Å². The highest BCUT2D eigenvalue weighted by Crippen LogP contribution is 2.26. The Balaban J connectivity index is 1.75. The highest BCUT2D eigenvalue weighted by Gasteiger charge is 2.28. The summed E-state index contributed by atoms with van der Waals surface area (Å²) in [6.45, 7) is 8.45. The summed E-state index contributed by atoms with van der Waals surface area (Å²) < 4.78 is 30.6. The average Bonchev–Trinajstić information content (AvgIpc) is 3.35. The summed E-state index contributed by atoms with van der Waals surface area (Å²) >= 11 is 0. The molecule has 1 aromatic heterocycles. The fourth-order valence-corrected chi connectivity index (χ4v) is 6.08. The molecule has 4 rings (SSSR count). The van der Waals surface area contributed by atoms with Gasteiger partial charge in [0.1, 0.15) is 6.54 Å². The number of carbonyl (C=O) groups excluding carboxylic acids is 1. The number of imidazole rings is 1. The van der Waals surface area contributed by atoms with E-state index < -0.39 is 10.0 Å². The number of hydrogen-bond acceptors (Lipinski definition) is 4. The lowest BCUT2D eigenvalue weighted by Crippen LogP contribution is -2.30. The number of carbonyl (C=O) groups is 1. The minimum absolute atomic E-state index is 0.140. The maximum Gasteiger partial charge on any atom is 0.329 e. The summed E-state index contributed by atoms with van der Waals surface area (Å²) in [5, 5.41) is 2.86. The molecule has 1 N–H and O–H groups in total. The van der Waals surface area contributed by atoms with Gasteiger partial charge in [-0.1, -0.05) is 6.07 Å². The first kappa shape index (κ1) is 23.3. The molecule has 0 unspecified atom stereocenters. The Labute approximate surface area is 193 Å². The molecule has 1 aliphatic rings. The van der Waals surface area contributed by atoms with Crippen LogP contribution in [0.5, 0.6) is 0 Å². The standard InChI is InChI=1S/C24H30N4O4S/c1-16(2)28-21-8-7-20(33(31,32)26-9-5-6-10-26)14-22(21)27(24(28)30)15-23(29)25-19-12-17(3)11-18(4)13-19/h7-8,11-14,16H,5-6,9-10,15H2,1-4H3,(H,25,29). The van der Waals surface area contributed by atoms with Crippen LogP contribution >= 0.6 is 0 Å². The van der Waals surface area contributed by atoms with Gasteiger partial charge in [0.25, 0.3) is 0 Å². The van der Waals surface area contributed by atoms with Crippen LogP contribution in [0.15, 0.2) is 46.1 Å². The number of aryl methyl sites for hydroxylation is 2. The Morgan fingerprint density at radius 3 is 2.24 bits per heavy atom. The van der Waals surface area contributed by atoms with Crippen LogP contribution in [0.3, 0.4) is 0 Å². The zero-order valence-corrected chi connectivity index (χ0v) is 20.3. The number of benzene rings is 2. The van der Waals surface area contributed by atoms with Crippen LogP contribution in [0.2, 0.25) is 0 Å². The molecule has 0 atom stereocenters. The van der Waals surface area contributed by atoms with Gasteiger partial charge in [-0.2, -0.15) is 4.31 Å². The lowest BCUT2D eigenvalue weighted by Gasteiger charge is -2.16. The zero-order chi connectivity index (χ0) is 23.9. The van der Waals surface area contributed by atoms with Crippen LogP contribution in [0.4, 0.5) is 5.69 Å². The average molecular weight is 471 g/mol. The molecular formula is C24H30N4O4S. The lowest BCUT2D eigenvalue weighted by atomic mass is 10.1. The van der Waals surface area contributed by atoms with Crippen LogP contribution in [0, 0.1) is 13.8 Å². The van der Waals surface area contributed by atoms with E-state index in [-0.39, 0.29) is 29.1 Å². The highest BCUT2D eigenvalue weighted by atomic mass is 32.2. The maximum atomic E-state index is 13.2. The molecule has 1 amide bonds. The van der Waals surface area contributed by atoms with Crippen LogP contribution in [0.25, 0.3) is 11.0 Å². The van der Waals surface area contributed by atoms with Gasteiger partial charge in [-0.25, -0.2) is 13.2 Å². The van der Waals surface area contributed by atoms with Crippen molar-refractivity contribution in [2.75, 3.05) is 18.4 Å². The fraction of sp³-hybridized carbons (Fsp3) is 0.417. The summed E-state index contributed by atoms with van der Waals surface area (Å²) in [5.41, 5.74) is 3.41. The van der Waals surface area contributed by atoms with Crippen molar-refractivity contribution in [1.29, 1.82) is 0 Å². The Hall–Kier alpha value is -2.91. The molecule has 1 saturated heterocycles. The Morgan fingerprint density at radius 1 is 1.00 bits per heavy atom. The second-order valence-corrected chi connectivity index (χ2v) is 11.0. The lowest BCUT2D eigenvalue weighted by molar-refractivity contribution is -0.116. The van der Waals surface area contributed by atoms with Gasteiger partial charge >= 0.3 is 5.69 Å². The van der Waals surface area contributed by atoms with Crippen molar-refractivity contribution in [3.8, 4) is 0 Å². The highest BCUT2D eigenvalue weighted by molar-refractivity contribution is 7.89. The third-order valence-corrected chi connectivity index (χ3v) is 7.86. The fourth-order valence-electron chi connectivity index (χ4n) is 4.54. The van der Waals surface area contributed by atoms with Crippen LogP contribution in [0.1, 0.15) is 43.9 Å². The minimum Gasteiger partial charge on any atom is -0.325 e. The zero-order valence-electron chi connectivity index (χ0n) is 19.5. The number of hydrogen-bond donors (Lipinski definition) is 1. The second-order valence-electron chi connectivity index (χ2n) is 9.02. The van der Waals surface area contributed by atoms with Gasteiger partial charge in [0.15, 0.2) is 0 Å². The number of rotatable bonds is 6. The Bertz CT molecular complexity index is 1360. The first-order valence-electron chi connectivity index (χ1n) is 11.2. The maximum absolute atomic E-state index is 13.2. The van der Waals surface area contributed by atoms with Crippen molar-refractivity contribution >= 4 is 32.7 Å². The van der Waals surface area contributed by atoms with E-state index in [2.05, 4.69) is 5.32 Å². The van der Waals surface area contributed by atoms with Gasteiger partial charge in [0, 0.05) is 24.8 Å². The molecule has 0 spiro atoms. The molecule has 2 heterocycles. The van der Waals surface area contributed by atoms with Gasteiger partial charge in [0.2, 0.25) is 15.9 Å². The van der Waals surface area contributed by atoms with Crippen molar-refractivity contribution in [3.63, 3.8) is 0 Å². The molecule has 0 aliphatic carbocycles. The number of aromatic nitrogens is 2. The topological polar surface area (TPSA) is 93.4 Å². The van der Waals surface area contributed by atoms with Gasteiger partial charge in [-0.15, -0.1) is 0 Å². The van der Waals surface area contributed by atoms with Gasteiger partial charge in [-0.3, -0.25) is 13.9 Å². The molecule has 0 bridgehead atoms. The summed E-state index contributed by atoms with van der Waals surface area (Å²) in [4.78, 5) is 26.2. The SMILES string of the molecule is Cc1cc(C)cc(NC(=O)Cn2c(=O)n(C(C)C)c3ccc(S(=O)(=O)N4CCCC4)cc32)c1. The molecular weight excluding hydrogens is 440 g/mol. The molecule has 0 saturated carbocycles. The number of sulfonamides is 1. The van der Waals surface area contributed by atoms with E-state index in [1.807, 2.05) is 45.9 Å². The van der Waals surface area contributed by atoms with Crippen LogP contribution in [-0.2, 0) is 21.4 Å². The van der Waals surface area contributed by atoms with Crippen LogP contribution < -0.4 is 11.0 Å². The normalized spacial score (nSPS) is 14.9. The number of nitrogens with one attached hydrogen (secondary N) is 1. The largest absolute Gasteiger partial charge is 0.329 e. The van der Waals surface area contributed by atoms with E-state index in [4.69, 9.17) is 0 Å². The molecule has 8 nitrogen and oxygen atoms in total. The van der Waals surface area contributed by atoms with E-state index in [1.165, 1.54) is 14.9 Å². The third-order valence-electron chi connectivity index (χ3n) is 5.96. The first-order valence-corrected chi connectivity index (χ1v) is 12.6. The molecule has 0 radical (unpaired) electrons. The number of nitrogens with zero attached hydrogens (tertiary/aromatic N) is 3. The number of fused-ring (bicyclic) bond motifs is 1. The summed E-state index contributed by atoms with van der Waals surface area (Å²) in [7, 11) is -3.65. The van der Waals surface area contributed by atoms with Crippen LogP contribution in [-0.4, -0.2) is 40.9 Å². The predicted molar refractivity (Wildman–Crippen MR) is 129 cm³/mol. The monoisotopic (exact) mass is 470 g/mol. The first-order chi connectivity index (χ1) is 15.6. The number of anilines is 1. The summed E-state index contributed by atoms with van der Waals surface area (Å²) in [6, 6.07) is 10.3. The number of amides is 1. The summed E-state index contributed by atoms with van der Waals surface area (Å²) in [5.74, 6) is -0.349. The van der Waals surface area contributed by atoms with Gasteiger partial charge < -0.3 is 5.32 Å². The molecule has 1 fully saturated rings. The van der Waals surface area contributed by atoms with E-state index in [0.29, 0.717) is 29.8 Å². The van der Waals surface area contributed by atoms with Gasteiger partial charge in [-0.05, 0) is 82.0 Å². The Morgan fingerprint density at radius 2 is 1.64 bits per heavy atom. The molecule has 2 aromatic carbocycles. The van der Waals surface area contributed by atoms with Crippen molar-refractivity contribution in [2.45, 2.75) is 58.0 Å². The van der Waals surface area contributed by atoms with Crippen molar-refractivity contribution < 1.29 is 13.2 Å². The van der Waals surface area contributed by atoms with E-state index in [1.54, 1.807) is 16.7 Å². The van der Waals surface area contributed by atoms with E-state index in [9.17, 15) is 18.0 Å². The van der Waals surface area contributed by atoms with Crippen molar-refractivity contribution in [1.82, 2.24) is 13.4 Å². The van der Waals surface area contributed by atoms with E-state index >= 15 is 0 Å². The molecule has 1 aliphatic heterocycles. The quantitative estimate of drug-likeness (QED) is 0.597. The predicted octanol–water partition coefficient (Wildman–Crippen LogP) is 3.42. The molecule has 3 aromatic rings.